The quantitative estimate of drug-likeness (QED) is 0.230. The summed E-state index contributed by atoms with van der Waals surface area (Å²) in [4.78, 5) is 41.3. The maximum atomic E-state index is 13.0. The molecule has 190 valence electrons. The maximum absolute atomic E-state index is 13.0. The van der Waals surface area contributed by atoms with Crippen molar-refractivity contribution >= 4 is 103 Å². The van der Waals surface area contributed by atoms with Gasteiger partial charge in [0.25, 0.3) is 11.1 Å². The van der Waals surface area contributed by atoms with Gasteiger partial charge in [0.1, 0.15) is 18.9 Å². The zero-order chi connectivity index (χ0) is 25.8. The van der Waals surface area contributed by atoms with Crippen molar-refractivity contribution in [1.82, 2.24) is 9.80 Å². The normalized spacial score (nSPS) is 17.6. The van der Waals surface area contributed by atoms with E-state index in [0.29, 0.717) is 33.8 Å². The van der Waals surface area contributed by atoms with Gasteiger partial charge in [0, 0.05) is 28.7 Å². The summed E-state index contributed by atoms with van der Waals surface area (Å²) < 4.78 is 7.73. The van der Waals surface area contributed by atoms with Crippen molar-refractivity contribution < 1.29 is 19.1 Å². The van der Waals surface area contributed by atoms with Crippen molar-refractivity contribution in [2.75, 3.05) is 19.6 Å². The molecule has 2 aliphatic heterocycles. The molecular formula is C25H22Cl2I2N2O4S. The van der Waals surface area contributed by atoms with Crippen LogP contribution in [0.25, 0.3) is 6.08 Å². The number of amides is 3. The summed E-state index contributed by atoms with van der Waals surface area (Å²) in [6, 6.07) is 9.04. The van der Waals surface area contributed by atoms with E-state index in [9.17, 15) is 14.4 Å². The number of benzene rings is 2. The number of hydrogen-bond donors (Lipinski definition) is 0. The molecule has 0 radical (unpaired) electrons. The number of ether oxygens (including phenoxy) is 1. The van der Waals surface area contributed by atoms with Crippen LogP contribution in [0.2, 0.25) is 10.0 Å². The molecule has 3 amide bonds. The molecule has 4 rings (SSSR count). The molecule has 0 spiro atoms. The SMILES string of the molecule is O=C(CN1C(=O)SC(=Cc2cc(I)c(OCc3ccc(Cl)cc3Cl)c(I)c2)C1=O)N1CCCCCC1. The van der Waals surface area contributed by atoms with Crippen molar-refractivity contribution in [3.63, 3.8) is 0 Å². The van der Waals surface area contributed by atoms with Gasteiger partial charge in [-0.15, -0.1) is 0 Å². The second-order valence-corrected chi connectivity index (χ2v) is 12.6. The van der Waals surface area contributed by atoms with Crippen molar-refractivity contribution in [2.45, 2.75) is 32.3 Å². The Kier molecular flexibility index (Phi) is 9.87. The van der Waals surface area contributed by atoms with E-state index >= 15 is 0 Å². The number of imide groups is 1. The summed E-state index contributed by atoms with van der Waals surface area (Å²) in [6.07, 6.45) is 5.80. The Hall–Kier alpha value is -1.02. The van der Waals surface area contributed by atoms with Crippen LogP contribution < -0.4 is 4.74 Å². The van der Waals surface area contributed by atoms with Crippen LogP contribution in [0.15, 0.2) is 35.2 Å². The van der Waals surface area contributed by atoms with Crippen molar-refractivity contribution in [3.8, 4) is 5.75 Å². The fourth-order valence-corrected chi connectivity index (χ4v) is 7.36. The van der Waals surface area contributed by atoms with Crippen molar-refractivity contribution in [2.24, 2.45) is 0 Å². The third-order valence-electron chi connectivity index (χ3n) is 5.83. The Balaban J connectivity index is 1.45. The average Bonchev–Trinajstić information content (AvgIpc) is 3.01. The number of thioether (sulfide) groups is 1. The molecule has 11 heteroatoms. The van der Waals surface area contributed by atoms with Crippen LogP contribution in [-0.2, 0) is 16.2 Å². The fraction of sp³-hybridized carbons (Fsp3) is 0.320. The van der Waals surface area contributed by atoms with Gasteiger partial charge in [0.2, 0.25) is 5.91 Å². The van der Waals surface area contributed by atoms with Crippen molar-refractivity contribution in [1.29, 1.82) is 0 Å². The Morgan fingerprint density at radius 3 is 2.33 bits per heavy atom. The maximum Gasteiger partial charge on any atom is 0.294 e. The minimum Gasteiger partial charge on any atom is -0.487 e. The lowest BCUT2D eigenvalue weighted by Gasteiger charge is -2.22. The third-order valence-corrected chi connectivity index (χ3v) is 8.93. The van der Waals surface area contributed by atoms with E-state index in [1.165, 1.54) is 0 Å². The summed E-state index contributed by atoms with van der Waals surface area (Å²) in [6.45, 7) is 1.43. The largest absolute Gasteiger partial charge is 0.487 e. The van der Waals surface area contributed by atoms with Crippen LogP contribution in [0.1, 0.15) is 36.8 Å². The van der Waals surface area contributed by atoms with Gasteiger partial charge >= 0.3 is 0 Å². The zero-order valence-corrected chi connectivity index (χ0v) is 25.7. The van der Waals surface area contributed by atoms with Crippen molar-refractivity contribution in [3.05, 3.63) is 63.5 Å². The third kappa shape index (κ3) is 6.89. The highest BCUT2D eigenvalue weighted by atomic mass is 127. The van der Waals surface area contributed by atoms with E-state index in [-0.39, 0.29) is 19.1 Å². The van der Waals surface area contributed by atoms with Crippen LogP contribution in [0.4, 0.5) is 4.79 Å². The summed E-state index contributed by atoms with van der Waals surface area (Å²) in [7, 11) is 0. The minimum atomic E-state index is -0.434. The molecule has 2 aliphatic rings. The lowest BCUT2D eigenvalue weighted by Crippen LogP contribution is -2.42. The van der Waals surface area contributed by atoms with Gasteiger partial charge in [0.05, 0.1) is 12.0 Å². The van der Waals surface area contributed by atoms with Crippen LogP contribution in [0.5, 0.6) is 5.75 Å². The number of likely N-dealkylation sites (tertiary alicyclic amines) is 1. The predicted octanol–water partition coefficient (Wildman–Crippen LogP) is 7.22. The van der Waals surface area contributed by atoms with E-state index in [4.69, 9.17) is 27.9 Å². The van der Waals surface area contributed by atoms with Gasteiger partial charge in [-0.3, -0.25) is 19.3 Å². The molecule has 0 saturated carbocycles. The molecule has 0 aliphatic carbocycles. The zero-order valence-electron chi connectivity index (χ0n) is 19.1. The van der Waals surface area contributed by atoms with Crippen LogP contribution in [0.3, 0.4) is 0 Å². The fourth-order valence-electron chi connectivity index (χ4n) is 3.93. The first-order valence-electron chi connectivity index (χ1n) is 11.3. The molecule has 0 atom stereocenters. The van der Waals surface area contributed by atoms with Gasteiger partial charge in [-0.1, -0.05) is 42.1 Å². The van der Waals surface area contributed by atoms with E-state index in [0.717, 1.165) is 60.6 Å². The Morgan fingerprint density at radius 2 is 1.69 bits per heavy atom. The van der Waals surface area contributed by atoms with Gasteiger partial charge in [-0.05, 0) is 106 Å². The topological polar surface area (TPSA) is 66.9 Å². The molecule has 0 N–H and O–H groups in total. The van der Waals surface area contributed by atoms with E-state index in [1.54, 1.807) is 23.1 Å². The monoisotopic (exact) mass is 770 g/mol. The van der Waals surface area contributed by atoms with Gasteiger partial charge < -0.3 is 9.64 Å². The molecule has 0 bridgehead atoms. The first-order valence-corrected chi connectivity index (χ1v) is 15.0. The molecule has 0 aromatic heterocycles. The molecule has 2 aromatic rings. The van der Waals surface area contributed by atoms with Gasteiger partial charge in [0.15, 0.2) is 0 Å². The number of carbonyl (C=O) groups is 3. The molecule has 2 fully saturated rings. The highest BCUT2D eigenvalue weighted by molar-refractivity contribution is 14.1. The highest BCUT2D eigenvalue weighted by Crippen LogP contribution is 2.35. The average molecular weight is 771 g/mol. The Labute approximate surface area is 251 Å². The Morgan fingerprint density at radius 1 is 1.03 bits per heavy atom. The molecule has 2 saturated heterocycles. The van der Waals surface area contributed by atoms with Gasteiger partial charge in [-0.2, -0.15) is 0 Å². The molecule has 2 heterocycles. The number of rotatable bonds is 6. The smallest absolute Gasteiger partial charge is 0.294 e. The number of nitrogens with zero attached hydrogens (tertiary/aromatic N) is 2. The second-order valence-electron chi connectivity index (χ2n) is 8.40. The number of carbonyl (C=O) groups excluding carboxylic acids is 3. The van der Waals surface area contributed by atoms with E-state index in [2.05, 4.69) is 45.2 Å². The summed E-state index contributed by atoms with van der Waals surface area (Å²) in [5, 5.41) is 0.681. The van der Waals surface area contributed by atoms with Crippen LogP contribution in [-0.4, -0.2) is 46.5 Å². The summed E-state index contributed by atoms with van der Waals surface area (Å²) in [5.74, 6) is 0.0956. The molecule has 6 nitrogen and oxygen atoms in total. The van der Waals surface area contributed by atoms with Crippen LogP contribution in [0, 0.1) is 7.14 Å². The molecule has 2 aromatic carbocycles. The lowest BCUT2D eigenvalue weighted by molar-refractivity contribution is -0.135. The molecular weight excluding hydrogens is 749 g/mol. The van der Waals surface area contributed by atoms with E-state index in [1.807, 2.05) is 18.2 Å². The number of halogens is 4. The standard InChI is InChI=1S/C25H22Cl2I2N2O4S/c26-17-6-5-16(18(27)12-17)14-35-23-19(28)9-15(10-20(23)29)11-21-24(33)31(25(34)36-21)13-22(32)30-7-3-1-2-4-8-30/h5-6,9-12H,1-4,7-8,13-14H2. The first kappa shape index (κ1) is 28.0. The summed E-state index contributed by atoms with van der Waals surface area (Å²) in [5.41, 5.74) is 1.59. The molecule has 36 heavy (non-hydrogen) atoms. The predicted molar refractivity (Wildman–Crippen MR) is 160 cm³/mol. The highest BCUT2D eigenvalue weighted by Gasteiger charge is 2.37. The first-order chi connectivity index (χ1) is 17.2. The minimum absolute atomic E-state index is 0.174. The second kappa shape index (κ2) is 12.7. The van der Waals surface area contributed by atoms with Crippen LogP contribution >= 0.6 is 80.1 Å². The number of hydrogen-bond acceptors (Lipinski definition) is 5. The summed E-state index contributed by atoms with van der Waals surface area (Å²) >= 11 is 17.4. The van der Waals surface area contributed by atoms with Gasteiger partial charge in [-0.25, -0.2) is 0 Å². The molecule has 0 unspecified atom stereocenters. The van der Waals surface area contributed by atoms with E-state index < -0.39 is 11.1 Å². The lowest BCUT2D eigenvalue weighted by atomic mass is 10.2. The Bertz CT molecular complexity index is 1210.